The number of ether oxygens (including phenoxy) is 1. The molecule has 1 N–H and O–H groups in total. The van der Waals surface area contributed by atoms with Crippen LogP contribution in [0, 0.1) is 10.1 Å². The van der Waals surface area contributed by atoms with E-state index in [0.29, 0.717) is 12.2 Å². The summed E-state index contributed by atoms with van der Waals surface area (Å²) in [6.07, 6.45) is 0. The standard InChI is InChI=1S/C12H13NO5/c1-3-18-11(8(2)12(14)15)9-4-6-10(7-5-9)13(16)17/h4-7H,3H2,1-2H3,(H,14,15)/b11-8+. The monoisotopic (exact) mass is 251 g/mol. The van der Waals surface area contributed by atoms with Crippen molar-refractivity contribution in [2.45, 2.75) is 13.8 Å². The van der Waals surface area contributed by atoms with E-state index in [1.54, 1.807) is 6.92 Å². The van der Waals surface area contributed by atoms with Gasteiger partial charge < -0.3 is 9.84 Å². The highest BCUT2D eigenvalue weighted by atomic mass is 16.6. The molecule has 0 bridgehead atoms. The Balaban J connectivity index is 3.19. The second kappa shape index (κ2) is 5.81. The highest BCUT2D eigenvalue weighted by Gasteiger charge is 2.14. The topological polar surface area (TPSA) is 89.7 Å². The molecule has 0 aliphatic carbocycles. The number of nitro groups is 1. The molecule has 0 aliphatic rings. The Morgan fingerprint density at radius 2 is 1.94 bits per heavy atom. The van der Waals surface area contributed by atoms with Crippen LogP contribution in [0.5, 0.6) is 0 Å². The van der Waals surface area contributed by atoms with Gasteiger partial charge in [0.15, 0.2) is 0 Å². The first-order valence-electron chi connectivity index (χ1n) is 5.29. The van der Waals surface area contributed by atoms with Crippen molar-refractivity contribution >= 4 is 17.4 Å². The molecule has 0 saturated carbocycles. The van der Waals surface area contributed by atoms with Crippen molar-refractivity contribution in [3.63, 3.8) is 0 Å². The summed E-state index contributed by atoms with van der Waals surface area (Å²) in [6.45, 7) is 3.48. The summed E-state index contributed by atoms with van der Waals surface area (Å²) in [5.74, 6) is -0.864. The quantitative estimate of drug-likeness (QED) is 0.375. The molecule has 1 aromatic rings. The number of rotatable bonds is 5. The van der Waals surface area contributed by atoms with Gasteiger partial charge in [-0.2, -0.15) is 0 Å². The number of hydrogen-bond donors (Lipinski definition) is 1. The summed E-state index contributed by atoms with van der Waals surface area (Å²) < 4.78 is 5.28. The lowest BCUT2D eigenvalue weighted by Crippen LogP contribution is -2.04. The lowest BCUT2D eigenvalue weighted by molar-refractivity contribution is -0.384. The Hall–Kier alpha value is -2.37. The van der Waals surface area contributed by atoms with Crippen LogP contribution >= 0.6 is 0 Å². The van der Waals surface area contributed by atoms with Crippen molar-refractivity contribution in [1.29, 1.82) is 0 Å². The van der Waals surface area contributed by atoms with Gasteiger partial charge in [-0.3, -0.25) is 10.1 Å². The Morgan fingerprint density at radius 1 is 1.39 bits per heavy atom. The van der Waals surface area contributed by atoms with Gasteiger partial charge in [0.05, 0.1) is 17.1 Å². The van der Waals surface area contributed by atoms with Crippen molar-refractivity contribution in [2.24, 2.45) is 0 Å². The third-order valence-electron chi connectivity index (χ3n) is 2.29. The minimum atomic E-state index is -1.09. The number of carbonyl (C=O) groups is 1. The summed E-state index contributed by atoms with van der Waals surface area (Å²) in [6, 6.07) is 5.55. The number of nitro benzene ring substituents is 1. The Morgan fingerprint density at radius 3 is 2.33 bits per heavy atom. The van der Waals surface area contributed by atoms with E-state index in [2.05, 4.69) is 0 Å². The summed E-state index contributed by atoms with van der Waals surface area (Å²) in [4.78, 5) is 20.9. The van der Waals surface area contributed by atoms with E-state index < -0.39 is 10.9 Å². The third kappa shape index (κ3) is 3.07. The number of non-ortho nitro benzene ring substituents is 1. The zero-order chi connectivity index (χ0) is 13.7. The highest BCUT2D eigenvalue weighted by Crippen LogP contribution is 2.23. The summed E-state index contributed by atoms with van der Waals surface area (Å²) in [5.41, 5.74) is 0.510. The molecule has 0 aliphatic heterocycles. The summed E-state index contributed by atoms with van der Waals surface area (Å²) in [5, 5.41) is 19.5. The van der Waals surface area contributed by atoms with Crippen molar-refractivity contribution in [1.82, 2.24) is 0 Å². The SMILES string of the molecule is CCO/C(=C(\C)C(=O)O)c1ccc([N+](=O)[O-])cc1. The maximum atomic E-state index is 10.9. The van der Waals surface area contributed by atoms with Crippen LogP contribution in [0.4, 0.5) is 5.69 Å². The van der Waals surface area contributed by atoms with E-state index in [9.17, 15) is 14.9 Å². The first-order valence-corrected chi connectivity index (χ1v) is 5.29. The first kappa shape index (κ1) is 13.7. The molecule has 6 heteroatoms. The average Bonchev–Trinajstić information content (AvgIpc) is 2.35. The second-order valence-corrected chi connectivity index (χ2v) is 3.50. The van der Waals surface area contributed by atoms with Crippen LogP contribution in [-0.2, 0) is 9.53 Å². The fourth-order valence-corrected chi connectivity index (χ4v) is 1.38. The predicted octanol–water partition coefficient (Wildman–Crippen LogP) is 2.45. The van der Waals surface area contributed by atoms with E-state index in [1.807, 2.05) is 0 Å². The van der Waals surface area contributed by atoms with Gasteiger partial charge in [-0.1, -0.05) is 0 Å². The van der Waals surface area contributed by atoms with E-state index >= 15 is 0 Å². The zero-order valence-corrected chi connectivity index (χ0v) is 10.0. The summed E-state index contributed by atoms with van der Waals surface area (Å²) >= 11 is 0. The molecule has 0 fully saturated rings. The van der Waals surface area contributed by atoms with Crippen LogP contribution in [0.15, 0.2) is 29.8 Å². The van der Waals surface area contributed by atoms with Crippen molar-refractivity contribution in [3.8, 4) is 0 Å². The Kier molecular flexibility index (Phi) is 4.42. The van der Waals surface area contributed by atoms with E-state index in [-0.39, 0.29) is 17.0 Å². The molecule has 6 nitrogen and oxygen atoms in total. The van der Waals surface area contributed by atoms with Crippen LogP contribution in [0.3, 0.4) is 0 Å². The minimum Gasteiger partial charge on any atom is -0.493 e. The molecule has 0 radical (unpaired) electrons. The fraction of sp³-hybridized carbons (Fsp3) is 0.250. The lowest BCUT2D eigenvalue weighted by Gasteiger charge is -2.10. The number of carboxylic acids is 1. The molecule has 0 unspecified atom stereocenters. The van der Waals surface area contributed by atoms with Gasteiger partial charge in [0.25, 0.3) is 5.69 Å². The van der Waals surface area contributed by atoms with Crippen molar-refractivity contribution < 1.29 is 19.6 Å². The van der Waals surface area contributed by atoms with Crippen LogP contribution in [0.1, 0.15) is 19.4 Å². The Bertz CT molecular complexity index is 490. The van der Waals surface area contributed by atoms with Crippen LogP contribution < -0.4 is 0 Å². The van der Waals surface area contributed by atoms with Gasteiger partial charge in [0, 0.05) is 17.7 Å². The largest absolute Gasteiger partial charge is 0.493 e. The normalized spacial score (nSPS) is 11.7. The van der Waals surface area contributed by atoms with Crippen molar-refractivity contribution in [2.75, 3.05) is 6.61 Å². The molecule has 18 heavy (non-hydrogen) atoms. The molecule has 0 saturated heterocycles. The maximum absolute atomic E-state index is 10.9. The number of carboxylic acid groups (broad SMARTS) is 1. The molecule has 0 atom stereocenters. The van der Waals surface area contributed by atoms with E-state index in [4.69, 9.17) is 9.84 Å². The number of nitrogens with zero attached hydrogens (tertiary/aromatic N) is 1. The average molecular weight is 251 g/mol. The maximum Gasteiger partial charge on any atom is 0.335 e. The lowest BCUT2D eigenvalue weighted by atomic mass is 10.1. The van der Waals surface area contributed by atoms with Gasteiger partial charge in [-0.25, -0.2) is 4.79 Å². The smallest absolute Gasteiger partial charge is 0.335 e. The minimum absolute atomic E-state index is 0.0532. The Labute approximate surface area is 104 Å². The molecule has 0 aromatic heterocycles. The highest BCUT2D eigenvalue weighted by molar-refractivity contribution is 5.94. The number of hydrogen-bond acceptors (Lipinski definition) is 4. The van der Waals surface area contributed by atoms with Crippen LogP contribution in [0.25, 0.3) is 5.76 Å². The molecular weight excluding hydrogens is 238 g/mol. The van der Waals surface area contributed by atoms with Gasteiger partial charge >= 0.3 is 5.97 Å². The van der Waals surface area contributed by atoms with Crippen molar-refractivity contribution in [3.05, 3.63) is 45.5 Å². The molecule has 1 aromatic carbocycles. The molecule has 0 amide bonds. The first-order chi connectivity index (χ1) is 8.47. The van der Waals surface area contributed by atoms with Crippen LogP contribution in [0.2, 0.25) is 0 Å². The molecule has 0 spiro atoms. The molecule has 0 heterocycles. The predicted molar refractivity (Wildman–Crippen MR) is 65.0 cm³/mol. The van der Waals surface area contributed by atoms with Gasteiger partial charge in [-0.05, 0) is 26.0 Å². The summed E-state index contributed by atoms with van der Waals surface area (Å²) in [7, 11) is 0. The van der Waals surface area contributed by atoms with Crippen LogP contribution in [-0.4, -0.2) is 22.6 Å². The molecular formula is C12H13NO5. The van der Waals surface area contributed by atoms with Gasteiger partial charge in [0.1, 0.15) is 5.76 Å². The van der Waals surface area contributed by atoms with E-state index in [1.165, 1.54) is 31.2 Å². The number of aliphatic carboxylic acids is 1. The molecule has 96 valence electrons. The third-order valence-corrected chi connectivity index (χ3v) is 2.29. The fourth-order valence-electron chi connectivity index (χ4n) is 1.38. The molecule has 1 rings (SSSR count). The van der Waals surface area contributed by atoms with Gasteiger partial charge in [0.2, 0.25) is 0 Å². The van der Waals surface area contributed by atoms with Gasteiger partial charge in [-0.15, -0.1) is 0 Å². The second-order valence-electron chi connectivity index (χ2n) is 3.50. The van der Waals surface area contributed by atoms with E-state index in [0.717, 1.165) is 0 Å². The zero-order valence-electron chi connectivity index (χ0n) is 10.0. The number of benzene rings is 1.